The van der Waals surface area contributed by atoms with Crippen LogP contribution in [0, 0.1) is 0 Å². The molecule has 1 amide bonds. The molecule has 0 unspecified atom stereocenters. The Morgan fingerprint density at radius 2 is 1.64 bits per heavy atom. The zero-order chi connectivity index (χ0) is 19.6. The van der Waals surface area contributed by atoms with E-state index >= 15 is 0 Å². The molecule has 2 heterocycles. The minimum atomic E-state index is -1.85. The predicted octanol–water partition coefficient (Wildman–Crippen LogP) is 3.13. The quantitative estimate of drug-likeness (QED) is 0.675. The molecule has 0 saturated carbocycles. The standard InChI is InChI=1S/C23H20N2O3/c26-21(18-10-13-24-14-11-18)16-23(28)19-8-4-5-9-20(19)25(22(23)27)15-12-17-6-2-1-3-7-17/h1-11,13-14,28H,12,15-16H2/t23-/m1/s1. The Balaban J connectivity index is 1.61. The molecule has 2 aromatic carbocycles. The normalized spacial score (nSPS) is 18.2. The summed E-state index contributed by atoms with van der Waals surface area (Å²) >= 11 is 0. The number of ketones is 1. The number of pyridine rings is 1. The van der Waals surface area contributed by atoms with Crippen LogP contribution in [0.25, 0.3) is 0 Å². The lowest BCUT2D eigenvalue weighted by Crippen LogP contribution is -2.42. The number of hydrogen-bond acceptors (Lipinski definition) is 4. The van der Waals surface area contributed by atoms with Crippen LogP contribution in [0.15, 0.2) is 79.1 Å². The maximum absolute atomic E-state index is 13.2. The first kappa shape index (κ1) is 18.1. The van der Waals surface area contributed by atoms with Crippen molar-refractivity contribution in [3.63, 3.8) is 0 Å². The third kappa shape index (κ3) is 3.21. The number of hydrogen-bond donors (Lipinski definition) is 1. The van der Waals surface area contributed by atoms with E-state index in [1.165, 1.54) is 12.4 Å². The Kier molecular flexibility index (Phi) is 4.75. The van der Waals surface area contributed by atoms with Crippen molar-refractivity contribution >= 4 is 17.4 Å². The second-order valence-electron chi connectivity index (χ2n) is 6.91. The number of nitrogens with zero attached hydrogens (tertiary/aromatic N) is 2. The number of aromatic nitrogens is 1. The van der Waals surface area contributed by atoms with Crippen molar-refractivity contribution in [2.75, 3.05) is 11.4 Å². The van der Waals surface area contributed by atoms with Gasteiger partial charge in [0, 0.05) is 30.1 Å². The second-order valence-corrected chi connectivity index (χ2v) is 6.91. The van der Waals surface area contributed by atoms with Gasteiger partial charge in [-0.15, -0.1) is 0 Å². The first-order chi connectivity index (χ1) is 13.6. The number of anilines is 1. The van der Waals surface area contributed by atoms with Crippen molar-refractivity contribution in [2.24, 2.45) is 0 Å². The summed E-state index contributed by atoms with van der Waals surface area (Å²) in [5.74, 6) is -0.745. The van der Waals surface area contributed by atoms with Crippen LogP contribution in [-0.2, 0) is 16.8 Å². The highest BCUT2D eigenvalue weighted by atomic mass is 16.3. The van der Waals surface area contributed by atoms with Crippen LogP contribution in [0.4, 0.5) is 5.69 Å². The molecule has 5 heteroatoms. The molecule has 3 aromatic rings. The summed E-state index contributed by atoms with van der Waals surface area (Å²) in [5.41, 5.74) is 0.824. The van der Waals surface area contributed by atoms with Crippen LogP contribution in [0.1, 0.15) is 27.9 Å². The summed E-state index contributed by atoms with van der Waals surface area (Å²) in [6.45, 7) is 0.436. The van der Waals surface area contributed by atoms with Crippen LogP contribution in [0.3, 0.4) is 0 Å². The fourth-order valence-corrected chi connectivity index (χ4v) is 3.66. The minimum absolute atomic E-state index is 0.294. The van der Waals surface area contributed by atoms with Gasteiger partial charge in [-0.3, -0.25) is 14.6 Å². The highest BCUT2D eigenvalue weighted by Crippen LogP contribution is 2.42. The van der Waals surface area contributed by atoms with E-state index in [2.05, 4.69) is 4.98 Å². The zero-order valence-corrected chi connectivity index (χ0v) is 15.3. The molecule has 0 saturated heterocycles. The molecule has 0 fully saturated rings. The summed E-state index contributed by atoms with van der Waals surface area (Å²) in [7, 11) is 0. The number of carbonyl (C=O) groups excluding carboxylic acids is 2. The summed E-state index contributed by atoms with van der Waals surface area (Å²) in [6.07, 6.45) is 3.41. The highest BCUT2D eigenvalue weighted by molar-refractivity contribution is 6.10. The average molecular weight is 372 g/mol. The van der Waals surface area contributed by atoms with Crippen LogP contribution in [-0.4, -0.2) is 28.3 Å². The Morgan fingerprint density at radius 1 is 0.964 bits per heavy atom. The van der Waals surface area contributed by atoms with Gasteiger partial charge in [-0.25, -0.2) is 0 Å². The van der Waals surface area contributed by atoms with Crippen LogP contribution < -0.4 is 4.90 Å². The number of Topliss-reactive ketones (excluding diaryl/α,β-unsaturated/α-hetero) is 1. The van der Waals surface area contributed by atoms with E-state index in [-0.39, 0.29) is 12.2 Å². The maximum Gasteiger partial charge on any atom is 0.264 e. The second kappa shape index (κ2) is 7.37. The molecule has 5 nitrogen and oxygen atoms in total. The smallest absolute Gasteiger partial charge is 0.264 e. The van der Waals surface area contributed by atoms with Gasteiger partial charge in [0.05, 0.1) is 12.1 Å². The third-order valence-corrected chi connectivity index (χ3v) is 5.12. The number of aliphatic hydroxyl groups is 1. The summed E-state index contributed by atoms with van der Waals surface area (Å²) in [4.78, 5) is 31.4. The molecule has 0 radical (unpaired) electrons. The fraction of sp³-hybridized carbons (Fsp3) is 0.174. The van der Waals surface area contributed by atoms with Crippen molar-refractivity contribution < 1.29 is 14.7 Å². The summed E-state index contributed by atoms with van der Waals surface area (Å²) < 4.78 is 0. The van der Waals surface area contributed by atoms with Gasteiger partial charge in [-0.05, 0) is 30.2 Å². The molecular formula is C23H20N2O3. The zero-order valence-electron chi connectivity index (χ0n) is 15.3. The van der Waals surface area contributed by atoms with E-state index in [4.69, 9.17) is 0 Å². The van der Waals surface area contributed by atoms with E-state index in [0.29, 0.717) is 29.8 Å². The lowest BCUT2D eigenvalue weighted by atomic mass is 9.88. The predicted molar refractivity (Wildman–Crippen MR) is 106 cm³/mol. The van der Waals surface area contributed by atoms with Crippen LogP contribution in [0.5, 0.6) is 0 Å². The largest absolute Gasteiger partial charge is 0.375 e. The van der Waals surface area contributed by atoms with Crippen LogP contribution >= 0.6 is 0 Å². The molecule has 4 rings (SSSR count). The number of benzene rings is 2. The SMILES string of the molecule is O=C(C[C@]1(O)C(=O)N(CCc2ccccc2)c2ccccc21)c1ccncc1. The van der Waals surface area contributed by atoms with Gasteiger partial charge in [0.15, 0.2) is 11.4 Å². The molecule has 1 aliphatic heterocycles. The Hall–Kier alpha value is -3.31. The van der Waals surface area contributed by atoms with Crippen molar-refractivity contribution in [2.45, 2.75) is 18.4 Å². The van der Waals surface area contributed by atoms with Gasteiger partial charge >= 0.3 is 0 Å². The van der Waals surface area contributed by atoms with Gasteiger partial charge < -0.3 is 10.0 Å². The lowest BCUT2D eigenvalue weighted by molar-refractivity contribution is -0.135. The van der Waals surface area contributed by atoms with E-state index in [0.717, 1.165) is 5.56 Å². The lowest BCUT2D eigenvalue weighted by Gasteiger charge is -2.23. The van der Waals surface area contributed by atoms with E-state index in [9.17, 15) is 14.7 Å². The Morgan fingerprint density at radius 3 is 2.39 bits per heavy atom. The minimum Gasteiger partial charge on any atom is -0.375 e. The van der Waals surface area contributed by atoms with Crippen molar-refractivity contribution in [3.05, 3.63) is 95.8 Å². The highest BCUT2D eigenvalue weighted by Gasteiger charge is 2.50. The van der Waals surface area contributed by atoms with E-state index < -0.39 is 11.5 Å². The Bertz CT molecular complexity index is 1000. The first-order valence-corrected chi connectivity index (χ1v) is 9.20. The van der Waals surface area contributed by atoms with Crippen molar-refractivity contribution in [3.8, 4) is 0 Å². The van der Waals surface area contributed by atoms with Crippen LogP contribution in [0.2, 0.25) is 0 Å². The Labute approximate surface area is 163 Å². The molecule has 1 aliphatic rings. The molecular weight excluding hydrogens is 352 g/mol. The van der Waals surface area contributed by atoms with E-state index in [1.54, 1.807) is 29.2 Å². The van der Waals surface area contributed by atoms with Gasteiger partial charge in [-0.1, -0.05) is 48.5 Å². The van der Waals surface area contributed by atoms with Gasteiger partial charge in [0.25, 0.3) is 5.91 Å². The molecule has 1 N–H and O–H groups in total. The summed E-state index contributed by atoms with van der Waals surface area (Å²) in [5, 5.41) is 11.3. The number of carbonyl (C=O) groups is 2. The average Bonchev–Trinajstić information content (AvgIpc) is 2.95. The molecule has 0 spiro atoms. The molecule has 1 atom stereocenters. The van der Waals surface area contributed by atoms with E-state index in [1.807, 2.05) is 42.5 Å². The number of amides is 1. The summed E-state index contributed by atoms with van der Waals surface area (Å²) in [6, 6.07) is 20.2. The monoisotopic (exact) mass is 372 g/mol. The third-order valence-electron chi connectivity index (χ3n) is 5.12. The molecule has 28 heavy (non-hydrogen) atoms. The first-order valence-electron chi connectivity index (χ1n) is 9.20. The fourth-order valence-electron chi connectivity index (χ4n) is 3.66. The van der Waals surface area contributed by atoms with Gasteiger partial charge in [0.1, 0.15) is 0 Å². The number of fused-ring (bicyclic) bond motifs is 1. The topological polar surface area (TPSA) is 70.5 Å². The maximum atomic E-state index is 13.2. The molecule has 1 aromatic heterocycles. The molecule has 0 aliphatic carbocycles. The molecule has 140 valence electrons. The number of rotatable bonds is 6. The van der Waals surface area contributed by atoms with Gasteiger partial charge in [0.2, 0.25) is 0 Å². The van der Waals surface area contributed by atoms with Crippen molar-refractivity contribution in [1.82, 2.24) is 4.98 Å². The number of para-hydroxylation sites is 1. The van der Waals surface area contributed by atoms with Gasteiger partial charge in [-0.2, -0.15) is 0 Å². The van der Waals surface area contributed by atoms with Crippen molar-refractivity contribution in [1.29, 1.82) is 0 Å². The molecule has 0 bridgehead atoms.